The number of aromatic carboxylic acids is 1. The van der Waals surface area contributed by atoms with E-state index in [0.29, 0.717) is 26.1 Å². The third-order valence-corrected chi connectivity index (χ3v) is 4.94. The fourth-order valence-corrected chi connectivity index (χ4v) is 3.63. The van der Waals surface area contributed by atoms with E-state index in [4.69, 9.17) is 9.84 Å². The predicted molar refractivity (Wildman–Crippen MR) is 75.9 cm³/mol. The third-order valence-electron chi connectivity index (χ3n) is 3.45. The maximum atomic E-state index is 12.4. The number of nitrogens with one attached hydrogen (secondary N) is 1. The normalized spacial score (nSPS) is 17.3. The smallest absolute Gasteiger partial charge is 0.352 e. The lowest BCUT2D eigenvalue weighted by molar-refractivity contribution is 0.0683. The van der Waals surface area contributed by atoms with Crippen LogP contribution in [-0.2, 0) is 14.8 Å². The molecule has 0 aliphatic carbocycles. The Morgan fingerprint density at radius 1 is 1.43 bits per heavy atom. The molecule has 0 amide bonds. The molecule has 0 bridgehead atoms. The van der Waals surface area contributed by atoms with E-state index < -0.39 is 16.0 Å². The van der Waals surface area contributed by atoms with Gasteiger partial charge < -0.3 is 14.4 Å². The predicted octanol–water partition coefficient (Wildman–Crippen LogP) is 1.22. The molecule has 0 saturated carbocycles. The molecule has 0 aromatic carbocycles. The minimum Gasteiger partial charge on any atom is -0.477 e. The van der Waals surface area contributed by atoms with Gasteiger partial charge in [0.2, 0.25) is 10.0 Å². The van der Waals surface area contributed by atoms with E-state index in [0.717, 1.165) is 0 Å². The maximum absolute atomic E-state index is 12.4. The Morgan fingerprint density at radius 2 is 2.05 bits per heavy atom. The molecular formula is C13H20N2O5S. The quantitative estimate of drug-likeness (QED) is 0.851. The molecule has 0 radical (unpaired) electrons. The van der Waals surface area contributed by atoms with Crippen LogP contribution in [0.3, 0.4) is 0 Å². The van der Waals surface area contributed by atoms with Gasteiger partial charge in [-0.15, -0.1) is 0 Å². The number of carboxylic acid groups (broad SMARTS) is 1. The van der Waals surface area contributed by atoms with Crippen molar-refractivity contribution in [1.29, 1.82) is 0 Å². The fraction of sp³-hybridized carbons (Fsp3) is 0.615. The zero-order chi connectivity index (χ0) is 15.6. The van der Waals surface area contributed by atoms with Crippen molar-refractivity contribution in [2.45, 2.75) is 43.7 Å². The Kier molecular flexibility index (Phi) is 4.70. The molecule has 1 aromatic rings. The van der Waals surface area contributed by atoms with E-state index in [1.807, 2.05) is 0 Å². The molecule has 2 rings (SSSR count). The summed E-state index contributed by atoms with van der Waals surface area (Å²) in [4.78, 5) is 11.2. The van der Waals surface area contributed by atoms with Gasteiger partial charge in [-0.25, -0.2) is 17.9 Å². The van der Waals surface area contributed by atoms with E-state index in [1.54, 1.807) is 13.8 Å². The second-order valence-corrected chi connectivity index (χ2v) is 7.09. The van der Waals surface area contributed by atoms with Crippen molar-refractivity contribution in [3.63, 3.8) is 0 Å². The first kappa shape index (κ1) is 16.0. The summed E-state index contributed by atoms with van der Waals surface area (Å²) < 4.78 is 34.0. The summed E-state index contributed by atoms with van der Waals surface area (Å²) in [6, 6.07) is 0.895. The third kappa shape index (κ3) is 3.63. The molecular weight excluding hydrogens is 296 g/mol. The molecule has 0 spiro atoms. The summed E-state index contributed by atoms with van der Waals surface area (Å²) in [5.41, 5.74) is -0.0302. The zero-order valence-electron chi connectivity index (χ0n) is 12.1. The van der Waals surface area contributed by atoms with Crippen molar-refractivity contribution < 1.29 is 23.1 Å². The summed E-state index contributed by atoms with van der Waals surface area (Å²) >= 11 is 0. The van der Waals surface area contributed by atoms with Gasteiger partial charge in [0.25, 0.3) is 0 Å². The first-order chi connectivity index (χ1) is 9.81. The van der Waals surface area contributed by atoms with Crippen molar-refractivity contribution in [2.24, 2.45) is 0 Å². The first-order valence-corrected chi connectivity index (χ1v) is 8.35. The Balaban J connectivity index is 2.27. The van der Waals surface area contributed by atoms with Crippen LogP contribution >= 0.6 is 0 Å². The summed E-state index contributed by atoms with van der Waals surface area (Å²) in [5.74, 6) is -1.14. The first-order valence-electron chi connectivity index (χ1n) is 6.86. The highest BCUT2D eigenvalue weighted by Gasteiger charge is 2.26. The van der Waals surface area contributed by atoms with Crippen molar-refractivity contribution in [2.75, 3.05) is 13.2 Å². The van der Waals surface area contributed by atoms with Crippen LogP contribution in [0.5, 0.6) is 0 Å². The van der Waals surface area contributed by atoms with Crippen LogP contribution in [0, 0.1) is 0 Å². The van der Waals surface area contributed by atoms with Gasteiger partial charge >= 0.3 is 5.97 Å². The molecule has 0 atom stereocenters. The molecule has 1 aliphatic heterocycles. The van der Waals surface area contributed by atoms with Crippen LogP contribution in [0.25, 0.3) is 0 Å². The summed E-state index contributed by atoms with van der Waals surface area (Å²) in [6.07, 6.45) is 2.61. The lowest BCUT2D eigenvalue weighted by atomic mass is 10.1. The molecule has 21 heavy (non-hydrogen) atoms. The number of carbonyl (C=O) groups is 1. The molecule has 1 saturated heterocycles. The van der Waals surface area contributed by atoms with Crippen molar-refractivity contribution in [3.05, 3.63) is 18.0 Å². The minimum absolute atomic E-state index is 0.0138. The average Bonchev–Trinajstić information content (AvgIpc) is 2.85. The minimum atomic E-state index is -3.72. The van der Waals surface area contributed by atoms with Gasteiger partial charge in [-0.1, -0.05) is 0 Å². The highest BCUT2D eigenvalue weighted by Crippen LogP contribution is 2.20. The molecule has 7 nitrogen and oxygen atoms in total. The topological polar surface area (TPSA) is 97.6 Å². The van der Waals surface area contributed by atoms with Crippen LogP contribution in [0.2, 0.25) is 0 Å². The highest BCUT2D eigenvalue weighted by atomic mass is 32.2. The number of rotatable bonds is 5. The van der Waals surface area contributed by atoms with Crippen LogP contribution in [0.4, 0.5) is 0 Å². The molecule has 8 heteroatoms. The van der Waals surface area contributed by atoms with Crippen molar-refractivity contribution in [3.8, 4) is 0 Å². The Morgan fingerprint density at radius 3 is 2.52 bits per heavy atom. The van der Waals surface area contributed by atoms with Gasteiger partial charge in [0.05, 0.1) is 0 Å². The van der Waals surface area contributed by atoms with Crippen LogP contribution in [-0.4, -0.2) is 43.3 Å². The summed E-state index contributed by atoms with van der Waals surface area (Å²) in [7, 11) is -3.72. The van der Waals surface area contributed by atoms with Gasteiger partial charge in [-0.2, -0.15) is 0 Å². The second-order valence-electron chi connectivity index (χ2n) is 5.38. The Hall–Kier alpha value is -1.38. The van der Waals surface area contributed by atoms with Crippen LogP contribution in [0.15, 0.2) is 17.2 Å². The van der Waals surface area contributed by atoms with E-state index in [2.05, 4.69) is 4.72 Å². The van der Waals surface area contributed by atoms with E-state index in [-0.39, 0.29) is 22.7 Å². The lowest BCUT2D eigenvalue weighted by Gasteiger charge is -2.22. The molecule has 1 aromatic heterocycles. The number of nitrogens with zero attached hydrogens (tertiary/aromatic N) is 1. The Bertz CT molecular complexity index is 615. The van der Waals surface area contributed by atoms with E-state index in [1.165, 1.54) is 16.8 Å². The lowest BCUT2D eigenvalue weighted by Crippen LogP contribution is -2.38. The molecule has 118 valence electrons. The summed E-state index contributed by atoms with van der Waals surface area (Å²) in [6.45, 7) is 4.66. The number of carboxylic acids is 1. The fourth-order valence-electron chi connectivity index (χ4n) is 2.30. The number of sulfonamides is 1. The largest absolute Gasteiger partial charge is 0.477 e. The number of hydrogen-bond acceptors (Lipinski definition) is 4. The molecule has 0 unspecified atom stereocenters. The number of hydrogen-bond donors (Lipinski definition) is 2. The summed E-state index contributed by atoms with van der Waals surface area (Å²) in [5, 5.41) is 9.16. The number of aromatic nitrogens is 1. The monoisotopic (exact) mass is 316 g/mol. The maximum Gasteiger partial charge on any atom is 0.352 e. The van der Waals surface area contributed by atoms with Gasteiger partial charge in [0, 0.05) is 31.5 Å². The molecule has 1 fully saturated rings. The molecule has 2 N–H and O–H groups in total. The van der Waals surface area contributed by atoms with E-state index in [9.17, 15) is 13.2 Å². The van der Waals surface area contributed by atoms with Crippen molar-refractivity contribution >= 4 is 16.0 Å². The molecule has 2 heterocycles. The SMILES string of the molecule is CC(C)n1cc(S(=O)(=O)NC2CCOCC2)cc1C(=O)O. The van der Waals surface area contributed by atoms with Crippen molar-refractivity contribution in [1.82, 2.24) is 9.29 Å². The molecule has 1 aliphatic rings. The Labute approximate surface area is 124 Å². The average molecular weight is 316 g/mol. The standard InChI is InChI=1S/C13H20N2O5S/c1-9(2)15-8-11(7-12(15)13(16)17)21(18,19)14-10-3-5-20-6-4-10/h7-10,14H,3-6H2,1-2H3,(H,16,17). The van der Waals surface area contributed by atoms with E-state index >= 15 is 0 Å². The van der Waals surface area contributed by atoms with Gasteiger partial charge in [0.1, 0.15) is 10.6 Å². The van der Waals surface area contributed by atoms with Crippen LogP contribution in [0.1, 0.15) is 43.2 Å². The van der Waals surface area contributed by atoms with Gasteiger partial charge in [-0.05, 0) is 32.8 Å². The zero-order valence-corrected chi connectivity index (χ0v) is 12.9. The van der Waals surface area contributed by atoms with Gasteiger partial charge in [0.15, 0.2) is 0 Å². The van der Waals surface area contributed by atoms with Crippen LogP contribution < -0.4 is 4.72 Å². The number of ether oxygens (including phenoxy) is 1. The highest BCUT2D eigenvalue weighted by molar-refractivity contribution is 7.89. The van der Waals surface area contributed by atoms with Gasteiger partial charge in [-0.3, -0.25) is 0 Å². The second kappa shape index (κ2) is 6.17.